The van der Waals surface area contributed by atoms with E-state index in [-0.39, 0.29) is 35.4 Å². The van der Waals surface area contributed by atoms with Crippen LogP contribution in [0.15, 0.2) is 72.3 Å². The molecule has 2 aliphatic carbocycles. The van der Waals surface area contributed by atoms with Crippen molar-refractivity contribution in [3.8, 4) is 16.3 Å². The number of aromatic hydroxyl groups is 1. The van der Waals surface area contributed by atoms with Crippen LogP contribution in [0.25, 0.3) is 20.7 Å². The monoisotopic (exact) mass is 798 g/mol. The number of carbonyl (C=O) groups is 4. The number of nitrogens with zero attached hydrogens (tertiary/aromatic N) is 4. The maximum absolute atomic E-state index is 15.1. The molecular formula is C41H33Cl3N4O5S. The van der Waals surface area contributed by atoms with Crippen molar-refractivity contribution in [2.24, 2.45) is 36.1 Å². The van der Waals surface area contributed by atoms with Gasteiger partial charge in [-0.05, 0) is 104 Å². The molecule has 9 nitrogen and oxygen atoms in total. The molecule has 0 spiro atoms. The van der Waals surface area contributed by atoms with Crippen molar-refractivity contribution in [2.75, 3.05) is 9.80 Å². The van der Waals surface area contributed by atoms with E-state index >= 15 is 4.79 Å². The molecule has 6 atom stereocenters. The number of hydrogen-bond donors (Lipinski definition) is 1. The second kappa shape index (κ2) is 12.3. The largest absolute Gasteiger partial charge is 0.508 e. The summed E-state index contributed by atoms with van der Waals surface area (Å²) in [5.41, 5.74) is 2.86. The molecule has 2 aromatic heterocycles. The minimum atomic E-state index is -1.32. The normalized spacial score (nSPS) is 26.4. The number of aromatic nitrogens is 2. The highest BCUT2D eigenvalue weighted by atomic mass is 35.5. The van der Waals surface area contributed by atoms with Crippen molar-refractivity contribution in [3.63, 3.8) is 0 Å². The van der Waals surface area contributed by atoms with Gasteiger partial charge in [0.25, 0.3) is 0 Å². The number of phenolic OH excluding ortho intramolecular Hbond substituents is 1. The SMILES string of the molecule is Cc1ccc(N2C(=O)C3CC=C4C(CC5C(=O)N(c6cc(-c7sc8ccc(Cl)cc8c7C)nn6C)C(=O)C5(C)C4c4ccc(O)cc4Cl)C3C2=O)cc1Cl. The molecule has 0 radical (unpaired) electrons. The fraction of sp³-hybridized carbons (Fsp3) is 0.293. The molecule has 6 unspecified atom stereocenters. The zero-order valence-electron chi connectivity index (χ0n) is 29.6. The summed E-state index contributed by atoms with van der Waals surface area (Å²) in [6.45, 7) is 5.65. The lowest BCUT2D eigenvalue weighted by Crippen LogP contribution is -2.49. The van der Waals surface area contributed by atoms with Gasteiger partial charge in [-0.1, -0.05) is 58.6 Å². The van der Waals surface area contributed by atoms with E-state index in [2.05, 4.69) is 0 Å². The first-order valence-electron chi connectivity index (χ1n) is 17.6. The third-order valence-corrected chi connectivity index (χ3v) is 14.5. The maximum atomic E-state index is 15.1. The van der Waals surface area contributed by atoms with Crippen LogP contribution >= 0.6 is 46.1 Å². The molecule has 3 aromatic carbocycles. The van der Waals surface area contributed by atoms with Crippen molar-refractivity contribution >= 4 is 91.4 Å². The van der Waals surface area contributed by atoms with Crippen LogP contribution in [0.1, 0.15) is 42.4 Å². The lowest BCUT2D eigenvalue weighted by atomic mass is 9.51. The summed E-state index contributed by atoms with van der Waals surface area (Å²) >= 11 is 21.2. The third kappa shape index (κ3) is 4.86. The summed E-state index contributed by atoms with van der Waals surface area (Å²) in [6, 6.07) is 17.2. The number of hydrogen-bond acceptors (Lipinski definition) is 7. The molecule has 4 aliphatic rings. The summed E-state index contributed by atoms with van der Waals surface area (Å²) in [7, 11) is 1.71. The number of thiophene rings is 1. The number of carbonyl (C=O) groups excluding carboxylic acids is 4. The van der Waals surface area contributed by atoms with Crippen LogP contribution in [0.5, 0.6) is 5.75 Å². The molecule has 0 bridgehead atoms. The Bertz CT molecular complexity index is 2560. The van der Waals surface area contributed by atoms with Gasteiger partial charge in [0.1, 0.15) is 17.3 Å². The quantitative estimate of drug-likeness (QED) is 0.144. The van der Waals surface area contributed by atoms with Crippen LogP contribution in [0.4, 0.5) is 11.5 Å². The molecule has 13 heteroatoms. The van der Waals surface area contributed by atoms with E-state index in [0.717, 1.165) is 31.7 Å². The average Bonchev–Trinajstić information content (AvgIpc) is 3.80. The molecule has 274 valence electrons. The van der Waals surface area contributed by atoms with E-state index in [9.17, 15) is 19.5 Å². The van der Waals surface area contributed by atoms with E-state index in [0.29, 0.717) is 32.8 Å². The molecular weight excluding hydrogens is 767 g/mol. The standard InChI is InChI=1S/C41H33Cl3N4O5S/c1-18-5-7-21(14-29(18)43)47-37(50)25-11-10-23-27(34(25)39(47)52)16-28-38(51)48(40(53)41(28,3)35(23)24-9-8-22(49)15-30(24)44)33-17-31(45-46(33)4)36-19(2)26-13-20(42)6-12-32(26)54-36/h5-10,12-15,17,25,27-28,34-35,49H,11,16H2,1-4H3. The van der Waals surface area contributed by atoms with E-state index < -0.39 is 46.8 Å². The number of benzene rings is 3. The Morgan fingerprint density at radius 3 is 2.39 bits per heavy atom. The number of fused-ring (bicyclic) bond motifs is 5. The van der Waals surface area contributed by atoms with Crippen molar-refractivity contribution < 1.29 is 24.3 Å². The smallest absolute Gasteiger partial charge is 0.242 e. The van der Waals surface area contributed by atoms with Crippen LogP contribution in [-0.2, 0) is 26.2 Å². The second-order valence-electron chi connectivity index (χ2n) is 15.0. The molecule has 2 saturated heterocycles. The number of rotatable bonds is 4. The van der Waals surface area contributed by atoms with Crippen LogP contribution in [0.2, 0.25) is 15.1 Å². The summed E-state index contributed by atoms with van der Waals surface area (Å²) < 4.78 is 2.59. The Morgan fingerprint density at radius 1 is 0.870 bits per heavy atom. The van der Waals surface area contributed by atoms with Crippen LogP contribution in [-0.4, -0.2) is 38.5 Å². The second-order valence-corrected chi connectivity index (χ2v) is 17.3. The molecule has 3 fully saturated rings. The van der Waals surface area contributed by atoms with E-state index in [4.69, 9.17) is 39.9 Å². The number of amides is 4. The van der Waals surface area contributed by atoms with E-state index in [1.807, 2.05) is 38.1 Å². The van der Waals surface area contributed by atoms with Gasteiger partial charge in [0.05, 0.1) is 33.7 Å². The first-order valence-corrected chi connectivity index (χ1v) is 19.6. The van der Waals surface area contributed by atoms with E-state index in [1.54, 1.807) is 60.3 Å². The van der Waals surface area contributed by atoms with Gasteiger partial charge < -0.3 is 5.11 Å². The fourth-order valence-electron chi connectivity index (χ4n) is 9.52. The van der Waals surface area contributed by atoms with E-state index in [1.165, 1.54) is 21.9 Å². The lowest BCUT2D eigenvalue weighted by Gasteiger charge is -2.49. The Hall–Kier alpha value is -4.48. The minimum absolute atomic E-state index is 0.0452. The predicted molar refractivity (Wildman–Crippen MR) is 210 cm³/mol. The zero-order valence-corrected chi connectivity index (χ0v) is 32.6. The molecule has 4 heterocycles. The number of halogens is 3. The lowest BCUT2D eigenvalue weighted by molar-refractivity contribution is -0.131. The molecule has 54 heavy (non-hydrogen) atoms. The Morgan fingerprint density at radius 2 is 1.65 bits per heavy atom. The average molecular weight is 800 g/mol. The molecule has 5 aromatic rings. The highest BCUT2D eigenvalue weighted by Crippen LogP contribution is 2.64. The Labute approximate surface area is 329 Å². The maximum Gasteiger partial charge on any atom is 0.242 e. The van der Waals surface area contributed by atoms with Crippen LogP contribution in [0.3, 0.4) is 0 Å². The Balaban J connectivity index is 1.15. The van der Waals surface area contributed by atoms with Crippen LogP contribution in [0, 0.1) is 42.9 Å². The molecule has 1 saturated carbocycles. The van der Waals surface area contributed by atoms with Gasteiger partial charge in [-0.15, -0.1) is 11.3 Å². The number of allylic oxidation sites excluding steroid dienone is 2. The Kier molecular flexibility index (Phi) is 8.00. The summed E-state index contributed by atoms with van der Waals surface area (Å²) in [6.07, 6.45) is 2.43. The highest BCUT2D eigenvalue weighted by molar-refractivity contribution is 7.22. The van der Waals surface area contributed by atoms with Crippen molar-refractivity contribution in [1.29, 1.82) is 0 Å². The molecule has 1 N–H and O–H groups in total. The van der Waals surface area contributed by atoms with Gasteiger partial charge in [-0.25, -0.2) is 9.80 Å². The van der Waals surface area contributed by atoms with Gasteiger partial charge in [-0.2, -0.15) is 5.10 Å². The number of aryl methyl sites for hydroxylation is 3. The van der Waals surface area contributed by atoms with Gasteiger partial charge in [0, 0.05) is 38.8 Å². The van der Waals surface area contributed by atoms with Crippen molar-refractivity contribution in [2.45, 2.75) is 39.5 Å². The molecule has 9 rings (SSSR count). The molecule has 2 aliphatic heterocycles. The zero-order chi connectivity index (χ0) is 38.1. The fourth-order valence-corrected chi connectivity index (χ4v) is 11.3. The first kappa shape index (κ1) is 35.2. The van der Waals surface area contributed by atoms with Crippen molar-refractivity contribution in [3.05, 3.63) is 104 Å². The molecule has 4 amide bonds. The van der Waals surface area contributed by atoms with Gasteiger partial charge in [-0.3, -0.25) is 23.9 Å². The first-order chi connectivity index (χ1) is 25.7. The predicted octanol–water partition coefficient (Wildman–Crippen LogP) is 9.02. The van der Waals surface area contributed by atoms with Crippen molar-refractivity contribution in [1.82, 2.24) is 9.78 Å². The number of anilines is 2. The highest BCUT2D eigenvalue weighted by Gasteiger charge is 2.68. The minimum Gasteiger partial charge on any atom is -0.508 e. The topological polar surface area (TPSA) is 113 Å². The van der Waals surface area contributed by atoms with Gasteiger partial charge in [0.15, 0.2) is 0 Å². The third-order valence-electron chi connectivity index (χ3n) is 12.2. The summed E-state index contributed by atoms with van der Waals surface area (Å²) in [5, 5.41) is 17.4. The number of phenols is 1. The van der Waals surface area contributed by atoms with Gasteiger partial charge >= 0.3 is 0 Å². The summed E-state index contributed by atoms with van der Waals surface area (Å²) in [5.74, 6) is -4.74. The summed E-state index contributed by atoms with van der Waals surface area (Å²) in [4.78, 5) is 61.8. The van der Waals surface area contributed by atoms with Crippen LogP contribution < -0.4 is 9.80 Å². The van der Waals surface area contributed by atoms with Gasteiger partial charge in [0.2, 0.25) is 23.6 Å². The number of imide groups is 2.